The summed E-state index contributed by atoms with van der Waals surface area (Å²) in [5.74, 6) is 0.271. The average Bonchev–Trinajstić information content (AvgIpc) is 3.62. The van der Waals surface area contributed by atoms with Crippen molar-refractivity contribution >= 4 is 11.0 Å². The summed E-state index contributed by atoms with van der Waals surface area (Å²) in [6, 6.07) is 47.4. The Morgan fingerprint density at radius 3 is 1.92 bits per heavy atom. The summed E-state index contributed by atoms with van der Waals surface area (Å²) >= 11 is 0. The Balaban J connectivity index is 1.40. The van der Waals surface area contributed by atoms with Crippen molar-refractivity contribution < 1.29 is 6.48 Å². The minimum Gasteiger partial charge on any atom is -0.507 e. The zero-order chi connectivity index (χ0) is 45.2. The average molecular weight is 817 g/mol. The second-order valence-electron chi connectivity index (χ2n) is 20.3. The van der Waals surface area contributed by atoms with E-state index >= 15 is 0 Å². The number of benzene rings is 6. The highest BCUT2D eigenvalue weighted by Gasteiger charge is 2.28. The van der Waals surface area contributed by atoms with E-state index in [1.807, 2.05) is 20.0 Å². The maximum atomic E-state index is 12.3. The summed E-state index contributed by atoms with van der Waals surface area (Å²) in [7, 11) is 0. The second kappa shape index (κ2) is 15.9. The Hall–Kier alpha value is -6.26. The van der Waals surface area contributed by atoms with Crippen LogP contribution in [0.1, 0.15) is 111 Å². The van der Waals surface area contributed by atoms with Gasteiger partial charge in [-0.2, -0.15) is 0 Å². The molecule has 4 heteroatoms. The van der Waals surface area contributed by atoms with Crippen LogP contribution in [0.5, 0.6) is 5.75 Å². The topological polar surface area (TPSA) is 50.9 Å². The fourth-order valence-electron chi connectivity index (χ4n) is 8.45. The van der Waals surface area contributed by atoms with Gasteiger partial charge in [-0.15, -0.1) is 0 Å². The smallest absolute Gasteiger partial charge is 0.149 e. The molecule has 0 atom stereocenters. The third-order valence-electron chi connectivity index (χ3n) is 12.1. The minimum atomic E-state index is -0.665. The lowest BCUT2D eigenvalue weighted by Crippen LogP contribution is -2.13. The summed E-state index contributed by atoms with van der Waals surface area (Å²) in [6.07, 6.45) is 1.89. The number of phenols is 1. The minimum absolute atomic E-state index is 0.0698. The molecule has 0 amide bonds. The van der Waals surface area contributed by atoms with Gasteiger partial charge in [0, 0.05) is 29.8 Å². The fraction of sp³-hybridized carbons (Fsp3) is 0.276. The van der Waals surface area contributed by atoms with E-state index in [0.717, 1.165) is 78.0 Å². The molecule has 0 fully saturated rings. The zero-order valence-corrected chi connectivity index (χ0v) is 38.6. The molecule has 0 spiro atoms. The van der Waals surface area contributed by atoms with E-state index in [9.17, 15) is 5.11 Å². The Kier molecular flexibility index (Phi) is 10.5. The van der Waals surface area contributed by atoms with Gasteiger partial charge in [0.05, 0.1) is 28.0 Å². The van der Waals surface area contributed by atoms with Crippen LogP contribution in [0.2, 0.25) is 0 Å². The molecule has 2 heterocycles. The number of imidazole rings is 1. The van der Waals surface area contributed by atoms with Gasteiger partial charge in [-0.25, -0.2) is 4.98 Å². The van der Waals surface area contributed by atoms with Crippen LogP contribution in [-0.4, -0.2) is 19.6 Å². The predicted octanol–water partition coefficient (Wildman–Crippen LogP) is 15.8. The maximum Gasteiger partial charge on any atom is 0.149 e. The zero-order valence-electron chi connectivity index (χ0n) is 39.6. The second-order valence-corrected chi connectivity index (χ2v) is 20.3. The van der Waals surface area contributed by atoms with E-state index in [1.54, 1.807) is 0 Å². The van der Waals surface area contributed by atoms with Gasteiger partial charge in [-0.05, 0) is 122 Å². The first-order valence-corrected chi connectivity index (χ1v) is 21.9. The van der Waals surface area contributed by atoms with Crippen molar-refractivity contribution in [3.8, 4) is 67.5 Å². The monoisotopic (exact) mass is 816 g/mol. The number of pyridine rings is 1. The number of hydrogen-bond acceptors (Lipinski definition) is 3. The molecule has 0 aliphatic carbocycles. The number of rotatable bonds is 7. The van der Waals surface area contributed by atoms with Gasteiger partial charge in [-0.1, -0.05) is 161 Å². The Morgan fingerprint density at radius 1 is 0.565 bits per heavy atom. The van der Waals surface area contributed by atoms with E-state index in [-0.39, 0.29) is 22.0 Å². The third-order valence-corrected chi connectivity index (χ3v) is 12.1. The van der Waals surface area contributed by atoms with Gasteiger partial charge >= 0.3 is 0 Å². The molecule has 8 aromatic rings. The molecule has 0 unspecified atom stereocenters. The summed E-state index contributed by atoms with van der Waals surface area (Å²) in [5.41, 5.74) is 16.6. The molecule has 0 aliphatic heterocycles. The van der Waals surface area contributed by atoms with Crippen LogP contribution in [0.4, 0.5) is 0 Å². The van der Waals surface area contributed by atoms with Crippen molar-refractivity contribution in [1.29, 1.82) is 0 Å². The number of nitrogens with zero attached hydrogens (tertiary/aromatic N) is 3. The number of para-hydroxylation sites is 1. The van der Waals surface area contributed by atoms with Gasteiger partial charge in [0.1, 0.15) is 11.6 Å². The first-order valence-electron chi connectivity index (χ1n) is 22.4. The third kappa shape index (κ3) is 8.23. The van der Waals surface area contributed by atoms with Crippen molar-refractivity contribution in [3.63, 3.8) is 0 Å². The number of fused-ring (bicyclic) bond motifs is 1. The molecule has 6 aromatic carbocycles. The summed E-state index contributed by atoms with van der Waals surface area (Å²) in [4.78, 5) is 10.6. The van der Waals surface area contributed by atoms with Crippen LogP contribution < -0.4 is 0 Å². The number of aromatic hydroxyl groups is 1. The van der Waals surface area contributed by atoms with Crippen LogP contribution >= 0.6 is 0 Å². The Labute approximate surface area is 370 Å². The quantitative estimate of drug-likeness (QED) is 0.174. The highest BCUT2D eigenvalue weighted by molar-refractivity contribution is 5.98. The molecule has 0 saturated carbocycles. The highest BCUT2D eigenvalue weighted by atomic mass is 16.3. The SMILES string of the molecule is [2H]C(C)(C)c1ccc(-c2ccnc(-c3cc(-c4cccc5c4nc(-c4cc(C)cc(C(C)(C)C)c4O)n5-c4ccc(C(C)(C)C)cc4-c4ccccc4)cc(C(C)(C)C)c3)c2)cc1. The molecular weight excluding hydrogens is 755 g/mol. The fourth-order valence-corrected chi connectivity index (χ4v) is 8.45. The van der Waals surface area contributed by atoms with E-state index in [4.69, 9.17) is 11.3 Å². The van der Waals surface area contributed by atoms with Crippen molar-refractivity contribution in [2.24, 2.45) is 0 Å². The lowest BCUT2D eigenvalue weighted by atomic mass is 9.83. The molecule has 0 saturated heterocycles. The van der Waals surface area contributed by atoms with Gasteiger partial charge in [-0.3, -0.25) is 9.55 Å². The normalized spacial score (nSPS) is 12.8. The first kappa shape index (κ1) is 41.1. The van der Waals surface area contributed by atoms with Crippen molar-refractivity contribution in [1.82, 2.24) is 14.5 Å². The van der Waals surface area contributed by atoms with E-state index < -0.39 is 5.89 Å². The van der Waals surface area contributed by atoms with Crippen LogP contribution in [0.25, 0.3) is 72.7 Å². The molecular formula is C58H61N3O. The molecule has 1 N–H and O–H groups in total. The van der Waals surface area contributed by atoms with Crippen LogP contribution in [0, 0.1) is 6.92 Å². The van der Waals surface area contributed by atoms with Gasteiger partial charge in [0.15, 0.2) is 0 Å². The lowest BCUT2D eigenvalue weighted by Gasteiger charge is -2.24. The summed E-state index contributed by atoms with van der Waals surface area (Å²) in [6.45, 7) is 25.9. The Morgan fingerprint density at radius 2 is 1.26 bits per heavy atom. The molecule has 0 aliphatic rings. The van der Waals surface area contributed by atoms with E-state index in [1.165, 1.54) is 11.1 Å². The van der Waals surface area contributed by atoms with Gasteiger partial charge in [0.2, 0.25) is 0 Å². The maximum absolute atomic E-state index is 12.3. The van der Waals surface area contributed by atoms with Crippen molar-refractivity contribution in [2.45, 2.75) is 105 Å². The largest absolute Gasteiger partial charge is 0.507 e. The molecule has 4 nitrogen and oxygen atoms in total. The number of aromatic nitrogens is 3. The number of aryl methyl sites for hydroxylation is 1. The first-order chi connectivity index (χ1) is 29.6. The molecule has 0 radical (unpaired) electrons. The highest BCUT2D eigenvalue weighted by Crippen LogP contribution is 2.45. The number of hydrogen-bond donors (Lipinski definition) is 1. The van der Waals surface area contributed by atoms with Crippen molar-refractivity contribution in [3.05, 3.63) is 167 Å². The number of phenolic OH excluding ortho intramolecular Hbond substituents is 1. The summed E-state index contributed by atoms with van der Waals surface area (Å²) in [5, 5.41) is 12.3. The summed E-state index contributed by atoms with van der Waals surface area (Å²) < 4.78 is 10.8. The van der Waals surface area contributed by atoms with E-state index in [2.05, 4.69) is 207 Å². The van der Waals surface area contributed by atoms with Crippen molar-refractivity contribution in [2.75, 3.05) is 0 Å². The van der Waals surface area contributed by atoms with E-state index in [0.29, 0.717) is 11.4 Å². The Bertz CT molecular complexity index is 2980. The predicted molar refractivity (Wildman–Crippen MR) is 263 cm³/mol. The van der Waals surface area contributed by atoms with Gasteiger partial charge in [0.25, 0.3) is 0 Å². The van der Waals surface area contributed by atoms with Gasteiger partial charge < -0.3 is 5.11 Å². The van der Waals surface area contributed by atoms with Crippen LogP contribution in [0.3, 0.4) is 0 Å². The molecule has 8 rings (SSSR count). The molecule has 2 aromatic heterocycles. The molecule has 62 heavy (non-hydrogen) atoms. The standard InChI is InChI=1S/C58H61N3O/c1-36(2)38-21-23-39(24-22-38)41-27-28-59-50(34-41)43-31-42(32-45(33-43)57(7,8)9)46-19-16-20-52-53(46)60-55(48-29-37(3)30-49(54(48)62)58(10,11)12)61(52)51-26-25-44(56(4,5)6)35-47(51)40-17-14-13-15-18-40/h13-36,62H,1-12H3/i36D. The molecule has 314 valence electrons. The van der Waals surface area contributed by atoms with Crippen LogP contribution in [-0.2, 0) is 16.2 Å². The molecule has 0 bridgehead atoms. The lowest BCUT2D eigenvalue weighted by molar-refractivity contribution is 0.448. The van der Waals surface area contributed by atoms with Crippen LogP contribution in [0.15, 0.2) is 140 Å².